The highest BCUT2D eigenvalue weighted by Gasteiger charge is 2.20. The summed E-state index contributed by atoms with van der Waals surface area (Å²) >= 11 is 11.7. The Kier molecular flexibility index (Phi) is 5.08. The Balaban J connectivity index is 1.96. The maximum Gasteiger partial charge on any atom is 0.339 e. The molecule has 0 atom stereocenters. The molecule has 2 N–H and O–H groups in total. The van der Waals surface area contributed by atoms with Crippen molar-refractivity contribution < 1.29 is 17.4 Å². The van der Waals surface area contributed by atoms with Crippen LogP contribution >= 0.6 is 23.2 Å². The molecule has 0 spiro atoms. The number of rotatable bonds is 5. The van der Waals surface area contributed by atoms with Crippen molar-refractivity contribution in [2.45, 2.75) is 11.3 Å². The molecule has 10 heteroatoms. The summed E-state index contributed by atoms with van der Waals surface area (Å²) < 4.78 is 30.2. The molecule has 136 valence electrons. The molecule has 26 heavy (non-hydrogen) atoms. The van der Waals surface area contributed by atoms with Gasteiger partial charge in [0.2, 0.25) is 5.91 Å². The molecule has 0 unspecified atom stereocenters. The normalized spacial score (nSPS) is 11.5. The summed E-state index contributed by atoms with van der Waals surface area (Å²) in [6.07, 6.45) is 0.0458. The van der Waals surface area contributed by atoms with Crippen molar-refractivity contribution in [1.82, 2.24) is 15.5 Å². The van der Waals surface area contributed by atoms with Crippen LogP contribution in [0.25, 0.3) is 10.9 Å². The standard InChI is InChI=1S/C16H13Cl2N3O4S/c1-19-16(22)8-15-11-7-10(3-5-14(11)20-21-15)26(23,24)25-9-2-4-12(17)13(18)6-9/h2-7H,8H2,1H3,(H,19,22)(H,20,21). The van der Waals surface area contributed by atoms with Gasteiger partial charge in [-0.3, -0.25) is 9.89 Å². The molecule has 1 aromatic heterocycles. The minimum Gasteiger partial charge on any atom is -0.379 e. The van der Waals surface area contributed by atoms with Gasteiger partial charge in [-0.1, -0.05) is 23.2 Å². The Morgan fingerprint density at radius 2 is 1.96 bits per heavy atom. The van der Waals surface area contributed by atoms with Gasteiger partial charge in [0.25, 0.3) is 0 Å². The number of H-pyrrole nitrogens is 1. The van der Waals surface area contributed by atoms with E-state index in [0.29, 0.717) is 16.6 Å². The lowest BCUT2D eigenvalue weighted by atomic mass is 10.1. The number of nitrogens with zero attached hydrogens (tertiary/aromatic N) is 1. The maximum absolute atomic E-state index is 12.5. The van der Waals surface area contributed by atoms with Crippen LogP contribution in [0.4, 0.5) is 0 Å². The second kappa shape index (κ2) is 7.14. The summed E-state index contributed by atoms with van der Waals surface area (Å²) in [5.41, 5.74) is 1.04. The first kappa shape index (κ1) is 18.5. The zero-order chi connectivity index (χ0) is 18.9. The van der Waals surface area contributed by atoms with Crippen molar-refractivity contribution in [3.05, 3.63) is 52.1 Å². The van der Waals surface area contributed by atoms with E-state index in [1.807, 2.05) is 0 Å². The zero-order valence-corrected chi connectivity index (χ0v) is 15.7. The number of nitrogens with one attached hydrogen (secondary N) is 2. The Morgan fingerprint density at radius 3 is 2.65 bits per heavy atom. The van der Waals surface area contributed by atoms with Gasteiger partial charge in [0.1, 0.15) is 10.6 Å². The van der Waals surface area contributed by atoms with E-state index in [-0.39, 0.29) is 33.0 Å². The molecule has 0 aliphatic rings. The van der Waals surface area contributed by atoms with Crippen molar-refractivity contribution in [2.24, 2.45) is 0 Å². The second-order valence-corrected chi connectivity index (χ2v) is 7.71. The fraction of sp³-hybridized carbons (Fsp3) is 0.125. The number of fused-ring (bicyclic) bond motifs is 1. The topological polar surface area (TPSA) is 101 Å². The van der Waals surface area contributed by atoms with Gasteiger partial charge >= 0.3 is 10.1 Å². The average Bonchev–Trinajstić information content (AvgIpc) is 3.00. The fourth-order valence-electron chi connectivity index (χ4n) is 2.28. The number of carbonyl (C=O) groups excluding carboxylic acids is 1. The van der Waals surface area contributed by atoms with E-state index in [9.17, 15) is 13.2 Å². The number of amides is 1. The predicted octanol–water partition coefficient (Wildman–Crippen LogP) is 2.93. The summed E-state index contributed by atoms with van der Waals surface area (Å²) in [7, 11) is -2.59. The third kappa shape index (κ3) is 3.77. The minimum atomic E-state index is -4.11. The first-order valence-corrected chi connectivity index (χ1v) is 9.53. The third-order valence-corrected chi connectivity index (χ3v) is 5.59. The molecular formula is C16H13Cl2N3O4S. The first-order valence-electron chi connectivity index (χ1n) is 7.37. The van der Waals surface area contributed by atoms with E-state index >= 15 is 0 Å². The lowest BCUT2D eigenvalue weighted by Gasteiger charge is -2.08. The predicted molar refractivity (Wildman–Crippen MR) is 98.1 cm³/mol. The lowest BCUT2D eigenvalue weighted by Crippen LogP contribution is -2.20. The van der Waals surface area contributed by atoms with E-state index in [4.69, 9.17) is 27.4 Å². The molecule has 0 saturated carbocycles. The van der Waals surface area contributed by atoms with E-state index in [0.717, 1.165) is 0 Å². The Labute approximate surface area is 159 Å². The monoisotopic (exact) mass is 413 g/mol. The van der Waals surface area contributed by atoms with Gasteiger partial charge in [0.15, 0.2) is 0 Å². The van der Waals surface area contributed by atoms with Crippen LogP contribution in [0, 0.1) is 0 Å². The van der Waals surface area contributed by atoms with Crippen LogP contribution in [-0.2, 0) is 21.3 Å². The highest BCUT2D eigenvalue weighted by molar-refractivity contribution is 7.87. The van der Waals surface area contributed by atoms with Crippen molar-refractivity contribution in [3.63, 3.8) is 0 Å². The van der Waals surface area contributed by atoms with Crippen molar-refractivity contribution >= 4 is 50.1 Å². The van der Waals surface area contributed by atoms with Crippen LogP contribution in [0.15, 0.2) is 41.3 Å². The van der Waals surface area contributed by atoms with Crippen LogP contribution in [0.3, 0.4) is 0 Å². The lowest BCUT2D eigenvalue weighted by molar-refractivity contribution is -0.119. The number of aromatic nitrogens is 2. The average molecular weight is 414 g/mol. The molecular weight excluding hydrogens is 401 g/mol. The highest BCUT2D eigenvalue weighted by Crippen LogP contribution is 2.29. The van der Waals surface area contributed by atoms with E-state index in [1.54, 1.807) is 0 Å². The molecule has 0 aliphatic carbocycles. The smallest absolute Gasteiger partial charge is 0.339 e. The van der Waals surface area contributed by atoms with E-state index in [1.165, 1.54) is 43.4 Å². The third-order valence-electron chi connectivity index (χ3n) is 3.61. The second-order valence-electron chi connectivity index (χ2n) is 5.34. The van der Waals surface area contributed by atoms with Gasteiger partial charge in [-0.05, 0) is 30.3 Å². The van der Waals surface area contributed by atoms with Gasteiger partial charge in [-0.2, -0.15) is 13.5 Å². The van der Waals surface area contributed by atoms with Crippen LogP contribution < -0.4 is 9.50 Å². The molecule has 1 amide bonds. The number of hydrogen-bond donors (Lipinski definition) is 2. The zero-order valence-electron chi connectivity index (χ0n) is 13.4. The SMILES string of the molecule is CNC(=O)Cc1[nH]nc2ccc(S(=O)(=O)Oc3ccc(Cl)c(Cl)c3)cc12. The number of likely N-dealkylation sites (N-methyl/N-ethyl adjacent to an activating group) is 1. The fourth-order valence-corrected chi connectivity index (χ4v) is 3.52. The number of benzene rings is 2. The largest absolute Gasteiger partial charge is 0.379 e. The van der Waals surface area contributed by atoms with Crippen LogP contribution in [0.2, 0.25) is 10.0 Å². The molecule has 0 aliphatic heterocycles. The molecule has 0 bridgehead atoms. The van der Waals surface area contributed by atoms with Crippen LogP contribution in [-0.4, -0.2) is 31.6 Å². The summed E-state index contributed by atoms with van der Waals surface area (Å²) in [5, 5.41) is 10.3. The molecule has 0 saturated heterocycles. The van der Waals surface area contributed by atoms with Gasteiger partial charge in [-0.15, -0.1) is 0 Å². The van der Waals surface area contributed by atoms with Crippen LogP contribution in [0.5, 0.6) is 5.75 Å². The van der Waals surface area contributed by atoms with Crippen molar-refractivity contribution in [2.75, 3.05) is 7.05 Å². The summed E-state index contributed by atoms with van der Waals surface area (Å²) in [4.78, 5) is 11.5. The number of carbonyl (C=O) groups is 1. The van der Waals surface area contributed by atoms with Crippen LogP contribution in [0.1, 0.15) is 5.69 Å². The summed E-state index contributed by atoms with van der Waals surface area (Å²) in [6, 6.07) is 8.47. The minimum absolute atomic E-state index is 0.0391. The first-order chi connectivity index (χ1) is 12.3. The van der Waals surface area contributed by atoms with Gasteiger partial charge < -0.3 is 9.50 Å². The highest BCUT2D eigenvalue weighted by atomic mass is 35.5. The number of hydrogen-bond acceptors (Lipinski definition) is 5. The number of halogens is 2. The Morgan fingerprint density at radius 1 is 1.19 bits per heavy atom. The molecule has 0 radical (unpaired) electrons. The molecule has 0 fully saturated rings. The molecule has 3 rings (SSSR count). The van der Waals surface area contributed by atoms with Gasteiger partial charge in [0.05, 0.1) is 27.7 Å². The molecule has 1 heterocycles. The Bertz CT molecular complexity index is 1100. The van der Waals surface area contributed by atoms with Gasteiger partial charge in [-0.25, -0.2) is 0 Å². The number of aromatic amines is 1. The van der Waals surface area contributed by atoms with Crippen molar-refractivity contribution in [3.8, 4) is 5.75 Å². The summed E-state index contributed by atoms with van der Waals surface area (Å²) in [5.74, 6) is -0.187. The quantitative estimate of drug-likeness (QED) is 0.626. The van der Waals surface area contributed by atoms with E-state index < -0.39 is 10.1 Å². The Hall–Kier alpha value is -2.29. The molecule has 7 nitrogen and oxygen atoms in total. The van der Waals surface area contributed by atoms with Crippen molar-refractivity contribution in [1.29, 1.82) is 0 Å². The molecule has 2 aromatic carbocycles. The molecule has 3 aromatic rings. The maximum atomic E-state index is 12.5. The van der Waals surface area contributed by atoms with E-state index in [2.05, 4.69) is 15.5 Å². The van der Waals surface area contributed by atoms with Gasteiger partial charge in [0, 0.05) is 18.5 Å². The summed E-state index contributed by atoms with van der Waals surface area (Å²) in [6.45, 7) is 0.